The van der Waals surface area contributed by atoms with Gasteiger partial charge < -0.3 is 9.47 Å². The minimum atomic E-state index is -0.300. The van der Waals surface area contributed by atoms with E-state index in [1.807, 2.05) is 67.6 Å². The van der Waals surface area contributed by atoms with Gasteiger partial charge in [0.2, 0.25) is 0 Å². The highest BCUT2D eigenvalue weighted by Gasteiger charge is 2.01. The van der Waals surface area contributed by atoms with Crippen LogP contribution in [0.2, 0.25) is 0 Å². The summed E-state index contributed by atoms with van der Waals surface area (Å²) >= 11 is 0. The second kappa shape index (κ2) is 13.4. The lowest BCUT2D eigenvalue weighted by Gasteiger charge is -2.01. The Bertz CT molecular complexity index is 663. The van der Waals surface area contributed by atoms with Crippen molar-refractivity contribution in [3.63, 3.8) is 0 Å². The van der Waals surface area contributed by atoms with Crippen molar-refractivity contribution in [2.45, 2.75) is 26.7 Å². The summed E-state index contributed by atoms with van der Waals surface area (Å²) < 4.78 is 9.56. The molecule has 0 radical (unpaired) electrons. The van der Waals surface area contributed by atoms with Gasteiger partial charge in [0.25, 0.3) is 0 Å². The van der Waals surface area contributed by atoms with Crippen molar-refractivity contribution in [2.75, 3.05) is 13.2 Å². The molecule has 2 aromatic rings. The van der Waals surface area contributed by atoms with Crippen LogP contribution < -0.4 is 0 Å². The minimum Gasteiger partial charge on any atom is -0.466 e. The summed E-state index contributed by atoms with van der Waals surface area (Å²) in [6, 6.07) is 19.6. The van der Waals surface area contributed by atoms with E-state index in [0.717, 1.165) is 12.0 Å². The van der Waals surface area contributed by atoms with Gasteiger partial charge in [-0.05, 0) is 37.5 Å². The lowest BCUT2D eigenvalue weighted by Crippen LogP contribution is -2.04. The van der Waals surface area contributed by atoms with Crippen molar-refractivity contribution in [3.8, 4) is 0 Å². The number of hydrogen-bond donors (Lipinski definition) is 0. The van der Waals surface area contributed by atoms with Crippen LogP contribution in [0.15, 0.2) is 66.7 Å². The average molecular weight is 354 g/mol. The first kappa shape index (κ1) is 21.2. The van der Waals surface area contributed by atoms with Gasteiger partial charge in [-0.3, -0.25) is 4.79 Å². The number of rotatable bonds is 7. The van der Waals surface area contributed by atoms with Gasteiger partial charge in [-0.2, -0.15) is 0 Å². The van der Waals surface area contributed by atoms with Gasteiger partial charge in [0.05, 0.1) is 13.2 Å². The predicted octanol–water partition coefficient (Wildman–Crippen LogP) is 4.45. The predicted molar refractivity (Wildman–Crippen MR) is 104 cm³/mol. The summed E-state index contributed by atoms with van der Waals surface area (Å²) in [5.41, 5.74) is 2.17. The molecule has 0 N–H and O–H groups in total. The molecule has 0 aromatic heterocycles. The Labute approximate surface area is 155 Å². The molecule has 0 fully saturated rings. The van der Waals surface area contributed by atoms with E-state index < -0.39 is 0 Å². The molecule has 138 valence electrons. The normalized spacial score (nSPS) is 9.92. The fourth-order valence-corrected chi connectivity index (χ4v) is 2.04. The summed E-state index contributed by atoms with van der Waals surface area (Å²) in [5, 5.41) is 0. The molecule has 0 aliphatic heterocycles. The van der Waals surface area contributed by atoms with E-state index in [9.17, 15) is 9.59 Å². The maximum Gasteiger partial charge on any atom is 0.330 e. The molecular formula is C22H26O4. The quantitative estimate of drug-likeness (QED) is 0.545. The average Bonchev–Trinajstić information content (AvgIpc) is 2.67. The maximum atomic E-state index is 11.0. The van der Waals surface area contributed by atoms with Crippen molar-refractivity contribution in [3.05, 3.63) is 77.9 Å². The highest BCUT2D eigenvalue weighted by atomic mass is 16.5. The number of aryl methyl sites for hydroxylation is 1. The van der Waals surface area contributed by atoms with E-state index in [1.54, 1.807) is 13.0 Å². The van der Waals surface area contributed by atoms with E-state index in [1.165, 1.54) is 11.6 Å². The molecule has 0 saturated carbocycles. The molecule has 2 rings (SSSR count). The molecule has 4 nitrogen and oxygen atoms in total. The molecule has 0 saturated heterocycles. The van der Waals surface area contributed by atoms with Gasteiger partial charge in [-0.15, -0.1) is 0 Å². The molecule has 26 heavy (non-hydrogen) atoms. The van der Waals surface area contributed by atoms with Crippen molar-refractivity contribution in [2.24, 2.45) is 0 Å². The third-order valence-corrected chi connectivity index (χ3v) is 3.26. The van der Waals surface area contributed by atoms with Crippen molar-refractivity contribution < 1.29 is 19.1 Å². The molecule has 0 bridgehead atoms. The van der Waals surface area contributed by atoms with Crippen LogP contribution in [-0.4, -0.2) is 25.2 Å². The minimum absolute atomic E-state index is 0.119. The first-order valence-electron chi connectivity index (χ1n) is 8.75. The van der Waals surface area contributed by atoms with Crippen LogP contribution >= 0.6 is 0 Å². The fraction of sp³-hybridized carbons (Fsp3) is 0.273. The van der Waals surface area contributed by atoms with Gasteiger partial charge in [0.15, 0.2) is 0 Å². The maximum absolute atomic E-state index is 11.0. The zero-order valence-electron chi connectivity index (χ0n) is 15.4. The highest BCUT2D eigenvalue weighted by Crippen LogP contribution is 2.03. The number of hydrogen-bond acceptors (Lipinski definition) is 4. The molecule has 0 atom stereocenters. The largest absolute Gasteiger partial charge is 0.466 e. The summed E-state index contributed by atoms with van der Waals surface area (Å²) in [6.45, 7) is 4.49. The van der Waals surface area contributed by atoms with Gasteiger partial charge in [0, 0.05) is 12.5 Å². The second-order valence-electron chi connectivity index (χ2n) is 5.29. The Balaban J connectivity index is 0.000000260. The SMILES string of the molecule is CCOC(=O)/C=C/c1ccccc1.CCOC(=O)CCc1ccccc1. The van der Waals surface area contributed by atoms with Gasteiger partial charge in [-0.1, -0.05) is 60.7 Å². The number of esters is 2. The standard InChI is InChI=1S/C11H14O2.C11H12O2/c2*1-2-13-11(12)9-8-10-6-4-3-5-7-10/h3-7H,2,8-9H2,1H3;3-9H,2H2,1H3/b;9-8+. The smallest absolute Gasteiger partial charge is 0.330 e. The Hall–Kier alpha value is -2.88. The Kier molecular flexibility index (Phi) is 10.9. The number of carbonyl (C=O) groups excluding carboxylic acids is 2. The van der Waals surface area contributed by atoms with E-state index in [2.05, 4.69) is 0 Å². The van der Waals surface area contributed by atoms with Gasteiger partial charge in [-0.25, -0.2) is 4.79 Å². The van der Waals surface area contributed by atoms with Gasteiger partial charge in [0.1, 0.15) is 0 Å². The summed E-state index contributed by atoms with van der Waals surface area (Å²) in [7, 11) is 0. The zero-order valence-corrected chi connectivity index (χ0v) is 15.4. The third kappa shape index (κ3) is 10.1. The van der Waals surface area contributed by atoms with Crippen LogP contribution in [0.5, 0.6) is 0 Å². The lowest BCUT2D eigenvalue weighted by molar-refractivity contribution is -0.143. The van der Waals surface area contributed by atoms with Crippen LogP contribution in [0, 0.1) is 0 Å². The first-order chi connectivity index (χ1) is 12.7. The molecule has 0 amide bonds. The monoisotopic (exact) mass is 354 g/mol. The molecule has 2 aromatic carbocycles. The highest BCUT2D eigenvalue weighted by molar-refractivity contribution is 5.86. The fourth-order valence-electron chi connectivity index (χ4n) is 2.04. The van der Waals surface area contributed by atoms with E-state index in [-0.39, 0.29) is 11.9 Å². The molecule has 0 heterocycles. The van der Waals surface area contributed by atoms with E-state index in [0.29, 0.717) is 19.6 Å². The molecule has 0 aliphatic rings. The molecule has 4 heteroatoms. The molecular weight excluding hydrogens is 328 g/mol. The lowest BCUT2D eigenvalue weighted by atomic mass is 10.1. The zero-order chi connectivity index (χ0) is 19.0. The number of benzene rings is 2. The Morgan fingerprint density at radius 1 is 0.846 bits per heavy atom. The van der Waals surface area contributed by atoms with Crippen LogP contribution in [-0.2, 0) is 25.5 Å². The Morgan fingerprint density at radius 3 is 2.00 bits per heavy atom. The van der Waals surface area contributed by atoms with E-state index >= 15 is 0 Å². The summed E-state index contributed by atoms with van der Waals surface area (Å²) in [5.74, 6) is -0.419. The summed E-state index contributed by atoms with van der Waals surface area (Å²) in [4.78, 5) is 21.9. The van der Waals surface area contributed by atoms with Crippen molar-refractivity contribution in [1.29, 1.82) is 0 Å². The second-order valence-corrected chi connectivity index (χ2v) is 5.29. The van der Waals surface area contributed by atoms with E-state index in [4.69, 9.17) is 9.47 Å². The molecule has 0 aliphatic carbocycles. The van der Waals surface area contributed by atoms with Crippen LogP contribution in [0.4, 0.5) is 0 Å². The number of carbonyl (C=O) groups is 2. The van der Waals surface area contributed by atoms with Gasteiger partial charge >= 0.3 is 11.9 Å². The third-order valence-electron chi connectivity index (χ3n) is 3.26. The van der Waals surface area contributed by atoms with Crippen molar-refractivity contribution >= 4 is 18.0 Å². The molecule has 0 unspecified atom stereocenters. The van der Waals surface area contributed by atoms with Crippen LogP contribution in [0.25, 0.3) is 6.08 Å². The van der Waals surface area contributed by atoms with Crippen LogP contribution in [0.3, 0.4) is 0 Å². The first-order valence-corrected chi connectivity index (χ1v) is 8.75. The Morgan fingerprint density at radius 2 is 1.42 bits per heavy atom. The topological polar surface area (TPSA) is 52.6 Å². The molecule has 0 spiro atoms. The van der Waals surface area contributed by atoms with Crippen molar-refractivity contribution in [1.82, 2.24) is 0 Å². The number of ether oxygens (including phenoxy) is 2. The summed E-state index contributed by atoms with van der Waals surface area (Å²) in [6.07, 6.45) is 4.40. The van der Waals surface area contributed by atoms with Crippen LogP contribution in [0.1, 0.15) is 31.4 Å².